The van der Waals surface area contributed by atoms with E-state index in [4.69, 9.17) is 4.74 Å². The van der Waals surface area contributed by atoms with Gasteiger partial charge in [-0.15, -0.1) is 0 Å². The summed E-state index contributed by atoms with van der Waals surface area (Å²) >= 11 is 0. The Morgan fingerprint density at radius 1 is 1.00 bits per heavy atom. The highest BCUT2D eigenvalue weighted by Crippen LogP contribution is 2.31. The fourth-order valence-electron chi connectivity index (χ4n) is 3.19. The molecule has 0 atom stereocenters. The molecule has 0 unspecified atom stereocenters. The summed E-state index contributed by atoms with van der Waals surface area (Å²) in [7, 11) is 0.493. The molecule has 112 valence electrons. The number of hydrogen-bond acceptors (Lipinski definition) is 1. The van der Waals surface area contributed by atoms with Crippen molar-refractivity contribution < 1.29 is 4.74 Å². The molecule has 0 spiro atoms. The molecular formula is C19H25OS+. The van der Waals surface area contributed by atoms with E-state index >= 15 is 0 Å². The van der Waals surface area contributed by atoms with Crippen molar-refractivity contribution in [2.75, 3.05) is 24.7 Å². The number of aryl methyl sites for hydroxylation is 1. The molecule has 0 amide bonds. The molecule has 0 radical (unpaired) electrons. The van der Waals surface area contributed by atoms with Gasteiger partial charge < -0.3 is 4.74 Å². The van der Waals surface area contributed by atoms with E-state index < -0.39 is 0 Å². The van der Waals surface area contributed by atoms with Gasteiger partial charge in [0.05, 0.1) is 0 Å². The number of hydrogen-bond donors (Lipinski definition) is 0. The average Bonchev–Trinajstić information content (AvgIpc) is 3.05. The van der Waals surface area contributed by atoms with Gasteiger partial charge >= 0.3 is 0 Å². The lowest BCUT2D eigenvalue weighted by molar-refractivity contribution is 0.145. The third-order valence-electron chi connectivity index (χ3n) is 4.26. The van der Waals surface area contributed by atoms with Crippen molar-refractivity contribution in [1.29, 1.82) is 0 Å². The van der Waals surface area contributed by atoms with Crippen molar-refractivity contribution in [3.63, 3.8) is 0 Å². The summed E-state index contributed by atoms with van der Waals surface area (Å²) in [6.07, 6.45) is 5.05. The zero-order valence-corrected chi connectivity index (χ0v) is 13.8. The molecule has 3 rings (SSSR count). The number of ether oxygens (including phenoxy) is 1. The van der Waals surface area contributed by atoms with Crippen LogP contribution in [0.15, 0.2) is 41.3 Å². The Morgan fingerprint density at radius 2 is 1.76 bits per heavy atom. The predicted octanol–water partition coefficient (Wildman–Crippen LogP) is 4.58. The van der Waals surface area contributed by atoms with Crippen LogP contribution in [-0.2, 0) is 22.1 Å². The van der Waals surface area contributed by atoms with Crippen molar-refractivity contribution in [2.45, 2.75) is 37.5 Å². The molecule has 0 saturated carbocycles. The second-order valence-corrected chi connectivity index (χ2v) is 7.92. The third-order valence-corrected chi connectivity index (χ3v) is 6.80. The Kier molecular flexibility index (Phi) is 5.21. The fourth-order valence-corrected chi connectivity index (χ4v) is 5.69. The van der Waals surface area contributed by atoms with Crippen LogP contribution in [0, 0.1) is 0 Å². The lowest BCUT2D eigenvalue weighted by atomic mass is 10.0. The van der Waals surface area contributed by atoms with Crippen molar-refractivity contribution >= 4 is 21.7 Å². The van der Waals surface area contributed by atoms with Gasteiger partial charge in [0.1, 0.15) is 11.5 Å². The number of fused-ring (bicyclic) bond motifs is 1. The molecule has 1 aliphatic heterocycles. The molecule has 0 aliphatic carbocycles. The smallest absolute Gasteiger partial charge is 0.162 e. The molecule has 1 saturated heterocycles. The molecule has 1 heterocycles. The highest BCUT2D eigenvalue weighted by atomic mass is 32.2. The molecule has 2 heteroatoms. The van der Waals surface area contributed by atoms with Gasteiger partial charge in [-0.1, -0.05) is 24.3 Å². The first-order valence-electron chi connectivity index (χ1n) is 8.16. The van der Waals surface area contributed by atoms with E-state index in [0.29, 0.717) is 10.9 Å². The first-order chi connectivity index (χ1) is 10.4. The van der Waals surface area contributed by atoms with Gasteiger partial charge in [0.25, 0.3) is 0 Å². The standard InChI is InChI=1S/C19H25OS/c1-2-20-13-7-8-16-11-12-19(21-14-5-6-15-21)18-10-4-3-9-17(16)18/h3-4,9-12H,2,5-8,13-15H2,1H3/q+1. The Hall–Kier alpha value is -0.990. The predicted molar refractivity (Wildman–Crippen MR) is 93.4 cm³/mol. The number of benzene rings is 2. The molecule has 2 aromatic rings. The summed E-state index contributed by atoms with van der Waals surface area (Å²) in [6.45, 7) is 3.76. The molecule has 0 aromatic heterocycles. The van der Waals surface area contributed by atoms with E-state index in [0.717, 1.165) is 26.1 Å². The van der Waals surface area contributed by atoms with Crippen LogP contribution in [0.4, 0.5) is 0 Å². The van der Waals surface area contributed by atoms with E-state index in [-0.39, 0.29) is 0 Å². The molecule has 21 heavy (non-hydrogen) atoms. The van der Waals surface area contributed by atoms with Crippen LogP contribution in [0.5, 0.6) is 0 Å². The molecular weight excluding hydrogens is 276 g/mol. The monoisotopic (exact) mass is 301 g/mol. The normalized spacial score (nSPS) is 15.9. The summed E-state index contributed by atoms with van der Waals surface area (Å²) in [5.41, 5.74) is 1.48. The summed E-state index contributed by atoms with van der Waals surface area (Å²) < 4.78 is 5.47. The summed E-state index contributed by atoms with van der Waals surface area (Å²) in [6, 6.07) is 13.8. The van der Waals surface area contributed by atoms with Crippen molar-refractivity contribution in [3.8, 4) is 0 Å². The lowest BCUT2D eigenvalue weighted by Gasteiger charge is -2.10. The summed E-state index contributed by atoms with van der Waals surface area (Å²) in [5.74, 6) is 2.79. The molecule has 1 aliphatic rings. The maximum atomic E-state index is 5.47. The van der Waals surface area contributed by atoms with Gasteiger partial charge in [0.2, 0.25) is 0 Å². The maximum Gasteiger partial charge on any atom is 0.162 e. The van der Waals surface area contributed by atoms with Gasteiger partial charge in [-0.25, -0.2) is 0 Å². The van der Waals surface area contributed by atoms with E-state index in [1.807, 2.05) is 0 Å². The SMILES string of the molecule is CCOCCCc1ccc([S+]2CCCC2)c2ccccc12. The second-order valence-electron chi connectivity index (χ2n) is 5.68. The van der Waals surface area contributed by atoms with Crippen LogP contribution in [0.3, 0.4) is 0 Å². The van der Waals surface area contributed by atoms with E-state index in [1.165, 1.54) is 40.7 Å². The summed E-state index contributed by atoms with van der Waals surface area (Å²) in [4.78, 5) is 1.61. The lowest BCUT2D eigenvalue weighted by Crippen LogP contribution is -2.05. The van der Waals surface area contributed by atoms with Gasteiger partial charge in [0.15, 0.2) is 4.90 Å². The van der Waals surface area contributed by atoms with Crippen LogP contribution in [-0.4, -0.2) is 24.7 Å². The largest absolute Gasteiger partial charge is 0.382 e. The van der Waals surface area contributed by atoms with Crippen LogP contribution >= 0.6 is 0 Å². The van der Waals surface area contributed by atoms with Crippen LogP contribution in [0.2, 0.25) is 0 Å². The Bertz CT molecular complexity index is 587. The minimum absolute atomic E-state index is 0.493. The van der Waals surface area contributed by atoms with Crippen LogP contribution in [0.25, 0.3) is 10.8 Å². The Morgan fingerprint density at radius 3 is 2.52 bits per heavy atom. The zero-order chi connectivity index (χ0) is 14.5. The van der Waals surface area contributed by atoms with E-state index in [2.05, 4.69) is 43.3 Å². The second kappa shape index (κ2) is 7.33. The van der Waals surface area contributed by atoms with E-state index in [9.17, 15) is 0 Å². The zero-order valence-electron chi connectivity index (χ0n) is 12.9. The van der Waals surface area contributed by atoms with E-state index in [1.54, 1.807) is 4.90 Å². The number of rotatable bonds is 6. The molecule has 1 nitrogen and oxygen atoms in total. The first-order valence-corrected chi connectivity index (χ1v) is 9.72. The molecule has 0 N–H and O–H groups in total. The fraction of sp³-hybridized carbons (Fsp3) is 0.474. The highest BCUT2D eigenvalue weighted by Gasteiger charge is 2.28. The Balaban J connectivity index is 1.87. The molecule has 2 aromatic carbocycles. The van der Waals surface area contributed by atoms with Crippen molar-refractivity contribution in [1.82, 2.24) is 0 Å². The first kappa shape index (κ1) is 14.9. The van der Waals surface area contributed by atoms with Gasteiger partial charge in [-0.3, -0.25) is 0 Å². The topological polar surface area (TPSA) is 9.23 Å². The summed E-state index contributed by atoms with van der Waals surface area (Å²) in [5, 5.41) is 2.96. The minimum Gasteiger partial charge on any atom is -0.382 e. The van der Waals surface area contributed by atoms with Gasteiger partial charge in [-0.05, 0) is 55.7 Å². The quantitative estimate of drug-likeness (QED) is 0.560. The van der Waals surface area contributed by atoms with Crippen LogP contribution in [0.1, 0.15) is 31.7 Å². The third kappa shape index (κ3) is 3.44. The maximum absolute atomic E-state index is 5.47. The van der Waals surface area contributed by atoms with Crippen LogP contribution < -0.4 is 0 Å². The van der Waals surface area contributed by atoms with Crippen molar-refractivity contribution in [3.05, 3.63) is 42.0 Å². The average molecular weight is 301 g/mol. The van der Waals surface area contributed by atoms with Gasteiger partial charge in [-0.2, -0.15) is 0 Å². The van der Waals surface area contributed by atoms with Crippen molar-refractivity contribution in [2.24, 2.45) is 0 Å². The molecule has 1 fully saturated rings. The Labute approximate surface area is 131 Å². The highest BCUT2D eigenvalue weighted by molar-refractivity contribution is 7.97. The minimum atomic E-state index is 0.493. The molecule has 0 bridgehead atoms. The van der Waals surface area contributed by atoms with Gasteiger partial charge in [0, 0.05) is 29.5 Å².